The van der Waals surface area contributed by atoms with Crippen molar-refractivity contribution in [3.8, 4) is 0 Å². The highest BCUT2D eigenvalue weighted by Gasteiger charge is 2.22. The van der Waals surface area contributed by atoms with Crippen molar-refractivity contribution in [2.45, 2.75) is 123 Å². The molecule has 0 aromatic carbocycles. The third-order valence-electron chi connectivity index (χ3n) is 5.85. The molecular formula is C21H40N8. The average Bonchev–Trinajstić information content (AvgIpc) is 3.40. The van der Waals surface area contributed by atoms with E-state index in [1.54, 1.807) is 4.80 Å². The number of aromatic nitrogens is 8. The Labute approximate surface area is 175 Å². The molecule has 0 unspecified atom stereocenters. The summed E-state index contributed by atoms with van der Waals surface area (Å²) in [6.07, 6.45) is 13.0. The molecule has 0 amide bonds. The molecule has 0 bridgehead atoms. The van der Waals surface area contributed by atoms with Gasteiger partial charge in [-0.3, -0.25) is 0 Å². The molecule has 29 heavy (non-hydrogen) atoms. The lowest BCUT2D eigenvalue weighted by molar-refractivity contribution is 0.393. The molecule has 4 rings (SSSR count). The first-order valence-corrected chi connectivity index (χ1v) is 11.1. The molecule has 164 valence electrons. The summed E-state index contributed by atoms with van der Waals surface area (Å²) in [6, 6.07) is 0.696. The van der Waals surface area contributed by atoms with E-state index in [-0.39, 0.29) is 7.43 Å². The minimum atomic E-state index is 0. The second-order valence-electron chi connectivity index (χ2n) is 8.81. The van der Waals surface area contributed by atoms with Crippen molar-refractivity contribution in [1.82, 2.24) is 40.4 Å². The highest BCUT2D eigenvalue weighted by Crippen LogP contribution is 2.32. The first kappa shape index (κ1) is 23.4. The zero-order valence-electron chi connectivity index (χ0n) is 18.0. The predicted octanol–water partition coefficient (Wildman–Crippen LogP) is 5.24. The van der Waals surface area contributed by atoms with Crippen LogP contribution in [0.3, 0.4) is 0 Å². The van der Waals surface area contributed by atoms with Gasteiger partial charge in [-0.1, -0.05) is 46.0 Å². The monoisotopic (exact) mass is 404 g/mol. The molecule has 2 saturated carbocycles. The largest absolute Gasteiger partial charge is 0.227 e. The molecule has 2 aliphatic rings. The summed E-state index contributed by atoms with van der Waals surface area (Å²) in [7, 11) is 0. The Morgan fingerprint density at radius 1 is 0.724 bits per heavy atom. The number of tetrazole rings is 2. The molecule has 8 heteroatoms. The Hall–Kier alpha value is -1.86. The number of hydrogen-bond donors (Lipinski definition) is 0. The Bertz CT molecular complexity index is 693. The molecule has 0 aliphatic heterocycles. The minimum absolute atomic E-state index is 0. The molecule has 2 fully saturated rings. The van der Waals surface area contributed by atoms with Crippen LogP contribution in [0.5, 0.6) is 0 Å². The average molecular weight is 405 g/mol. The first-order chi connectivity index (χ1) is 13.6. The zero-order chi connectivity index (χ0) is 19.9. The third-order valence-corrected chi connectivity index (χ3v) is 5.85. The van der Waals surface area contributed by atoms with E-state index in [9.17, 15) is 0 Å². The van der Waals surface area contributed by atoms with Crippen LogP contribution in [0.4, 0.5) is 0 Å². The highest BCUT2D eigenvalue weighted by atomic mass is 15.6. The molecule has 0 atom stereocenters. The molecule has 2 aliphatic carbocycles. The fourth-order valence-corrected chi connectivity index (χ4v) is 4.18. The topological polar surface area (TPSA) is 87.2 Å². The van der Waals surface area contributed by atoms with Gasteiger partial charge in [0.2, 0.25) is 0 Å². The van der Waals surface area contributed by atoms with Crippen LogP contribution in [-0.2, 0) is 0 Å². The lowest BCUT2D eigenvalue weighted by Crippen LogP contribution is -2.14. The van der Waals surface area contributed by atoms with Crippen molar-refractivity contribution in [2.75, 3.05) is 0 Å². The lowest BCUT2D eigenvalue weighted by Gasteiger charge is -2.21. The Morgan fingerprint density at radius 3 is 1.83 bits per heavy atom. The van der Waals surface area contributed by atoms with Gasteiger partial charge in [-0.2, -0.15) is 4.80 Å². The summed E-state index contributed by atoms with van der Waals surface area (Å²) in [6.45, 7) is 8.41. The van der Waals surface area contributed by atoms with Crippen LogP contribution in [0.1, 0.15) is 135 Å². The summed E-state index contributed by atoms with van der Waals surface area (Å²) < 4.78 is 1.97. The van der Waals surface area contributed by atoms with Gasteiger partial charge in [-0.15, -0.1) is 15.3 Å². The van der Waals surface area contributed by atoms with Gasteiger partial charge >= 0.3 is 0 Å². The zero-order valence-corrected chi connectivity index (χ0v) is 18.0. The lowest BCUT2D eigenvalue weighted by atomic mass is 9.88. The first-order valence-electron chi connectivity index (χ1n) is 11.1. The second kappa shape index (κ2) is 11.4. The van der Waals surface area contributed by atoms with E-state index in [0.717, 1.165) is 11.6 Å². The van der Waals surface area contributed by atoms with Crippen LogP contribution in [-0.4, -0.2) is 40.4 Å². The summed E-state index contributed by atoms with van der Waals surface area (Å²) >= 11 is 0. The van der Waals surface area contributed by atoms with E-state index in [2.05, 4.69) is 58.6 Å². The van der Waals surface area contributed by atoms with Crippen LogP contribution < -0.4 is 0 Å². The van der Waals surface area contributed by atoms with E-state index >= 15 is 0 Å². The van der Waals surface area contributed by atoms with E-state index in [1.165, 1.54) is 64.2 Å². The van der Waals surface area contributed by atoms with Gasteiger partial charge < -0.3 is 0 Å². The SMILES string of the molecule is C.CC(C)n1nnc(C2CCCCC2)n1.CC(C)n1nnnc1C1CCCCC1. The predicted molar refractivity (Wildman–Crippen MR) is 115 cm³/mol. The number of rotatable bonds is 4. The quantitative estimate of drug-likeness (QED) is 0.692. The van der Waals surface area contributed by atoms with Gasteiger partial charge in [0.15, 0.2) is 11.6 Å². The van der Waals surface area contributed by atoms with Gasteiger partial charge in [0.05, 0.1) is 12.1 Å². The van der Waals surface area contributed by atoms with E-state index < -0.39 is 0 Å². The summed E-state index contributed by atoms with van der Waals surface area (Å²) in [5.74, 6) is 3.22. The molecule has 0 radical (unpaired) electrons. The van der Waals surface area contributed by atoms with Crippen molar-refractivity contribution >= 4 is 0 Å². The summed E-state index contributed by atoms with van der Waals surface area (Å²) in [4.78, 5) is 1.71. The van der Waals surface area contributed by atoms with Crippen molar-refractivity contribution in [3.05, 3.63) is 11.6 Å². The maximum atomic E-state index is 4.43. The van der Waals surface area contributed by atoms with Gasteiger partial charge in [0, 0.05) is 11.8 Å². The van der Waals surface area contributed by atoms with E-state index in [1.807, 2.05) is 4.68 Å². The molecule has 2 heterocycles. The van der Waals surface area contributed by atoms with E-state index in [0.29, 0.717) is 23.9 Å². The summed E-state index contributed by atoms with van der Waals surface area (Å²) in [5.41, 5.74) is 0. The second-order valence-corrected chi connectivity index (χ2v) is 8.81. The van der Waals surface area contributed by atoms with Crippen LogP contribution in [0.15, 0.2) is 0 Å². The molecule has 8 nitrogen and oxygen atoms in total. The van der Waals surface area contributed by atoms with Gasteiger partial charge in [-0.05, 0) is 69.0 Å². The van der Waals surface area contributed by atoms with Gasteiger partial charge in [0.25, 0.3) is 0 Å². The van der Waals surface area contributed by atoms with Crippen molar-refractivity contribution in [1.29, 1.82) is 0 Å². The maximum absolute atomic E-state index is 4.43. The molecular weight excluding hydrogens is 364 g/mol. The normalized spacial score (nSPS) is 18.4. The van der Waals surface area contributed by atoms with Crippen molar-refractivity contribution < 1.29 is 0 Å². The molecule has 0 spiro atoms. The van der Waals surface area contributed by atoms with Gasteiger partial charge in [-0.25, -0.2) is 4.68 Å². The Kier molecular flexibility index (Phi) is 9.17. The molecule has 2 aromatic rings. The standard InChI is InChI=1S/2C10H18N4.CH4/c1-8(2)14-10(11-12-13-14)9-6-4-3-5-7-9;1-8(2)14-12-10(11-13-14)9-6-4-3-5-7-9;/h2*8-9H,3-7H2,1-2H3;1H4. The highest BCUT2D eigenvalue weighted by molar-refractivity contribution is 4.96. The fraction of sp³-hybridized carbons (Fsp3) is 0.905. The van der Waals surface area contributed by atoms with Gasteiger partial charge in [0.1, 0.15) is 0 Å². The third kappa shape index (κ3) is 6.31. The van der Waals surface area contributed by atoms with E-state index in [4.69, 9.17) is 0 Å². The molecule has 2 aromatic heterocycles. The van der Waals surface area contributed by atoms with Crippen LogP contribution in [0.25, 0.3) is 0 Å². The van der Waals surface area contributed by atoms with Crippen LogP contribution in [0, 0.1) is 0 Å². The number of hydrogen-bond acceptors (Lipinski definition) is 6. The molecule has 0 saturated heterocycles. The van der Waals surface area contributed by atoms with Crippen molar-refractivity contribution in [2.24, 2.45) is 0 Å². The Balaban J connectivity index is 0.000000200. The maximum Gasteiger partial charge on any atom is 0.177 e. The smallest absolute Gasteiger partial charge is 0.177 e. The number of nitrogens with zero attached hydrogens (tertiary/aromatic N) is 8. The molecule has 0 N–H and O–H groups in total. The summed E-state index contributed by atoms with van der Waals surface area (Å²) in [5, 5.41) is 24.6. The minimum Gasteiger partial charge on any atom is -0.227 e. The fourth-order valence-electron chi connectivity index (χ4n) is 4.18. The van der Waals surface area contributed by atoms with Crippen molar-refractivity contribution in [3.63, 3.8) is 0 Å². The van der Waals surface area contributed by atoms with Crippen LogP contribution >= 0.6 is 0 Å². The Morgan fingerprint density at radius 2 is 1.31 bits per heavy atom. The van der Waals surface area contributed by atoms with Crippen LogP contribution in [0.2, 0.25) is 0 Å².